The maximum absolute atomic E-state index is 12.7. The summed E-state index contributed by atoms with van der Waals surface area (Å²) in [5.74, 6) is -1.51. The van der Waals surface area contributed by atoms with Crippen LogP contribution in [-0.4, -0.2) is 252 Å². The van der Waals surface area contributed by atoms with Gasteiger partial charge in [0.05, 0.1) is 38.6 Å². The van der Waals surface area contributed by atoms with Crippen molar-refractivity contribution in [3.63, 3.8) is 0 Å². The number of carbonyl (C=O) groups excluding carboxylic acids is 2. The third-order valence-electron chi connectivity index (χ3n) is 11.0. The number of hydrogen-bond acceptors (Lipinski definition) is 24. The van der Waals surface area contributed by atoms with Gasteiger partial charge >= 0.3 is 0 Å². The second kappa shape index (κ2) is 21.2. The molecule has 0 aromatic rings. The van der Waals surface area contributed by atoms with Crippen LogP contribution in [-0.2, 0) is 52.2 Å². The molecule has 0 saturated carbocycles. The van der Waals surface area contributed by atoms with E-state index in [-0.39, 0.29) is 6.42 Å². The van der Waals surface area contributed by atoms with Gasteiger partial charge in [0, 0.05) is 20.3 Å². The van der Waals surface area contributed by atoms with Gasteiger partial charge in [-0.2, -0.15) is 0 Å². The molecule has 2 amide bonds. The molecule has 15 N–H and O–H groups in total. The maximum atomic E-state index is 12.7. The van der Waals surface area contributed by atoms with Crippen LogP contribution in [0, 0.1) is 0 Å². The van der Waals surface area contributed by atoms with Crippen molar-refractivity contribution in [2.75, 3.05) is 26.4 Å². The Morgan fingerprint density at radius 1 is 0.483 bits per heavy atom. The molecule has 348 valence electrons. The van der Waals surface area contributed by atoms with E-state index >= 15 is 0 Å². The van der Waals surface area contributed by atoms with E-state index < -0.39 is 186 Å². The van der Waals surface area contributed by atoms with Crippen LogP contribution in [0.3, 0.4) is 0 Å². The number of aliphatic hydroxyl groups is 13. The van der Waals surface area contributed by atoms with E-state index in [2.05, 4.69) is 10.6 Å². The monoisotopic (exact) mass is 878 g/mol. The first-order valence-electron chi connectivity index (χ1n) is 19.3. The summed E-state index contributed by atoms with van der Waals surface area (Å²) < 4.78 is 51.7. The van der Waals surface area contributed by atoms with Crippen molar-refractivity contribution in [1.29, 1.82) is 0 Å². The van der Waals surface area contributed by atoms with Crippen molar-refractivity contribution in [3.8, 4) is 0 Å². The molecule has 0 spiro atoms. The average Bonchev–Trinajstić information content (AvgIpc) is 3.19. The molecule has 0 radical (unpaired) electrons. The minimum atomic E-state index is -2.11. The molecule has 60 heavy (non-hydrogen) atoms. The standard InChI is InChI=1S/C34H58N2O24/c1-9-12(43)4-13(44)31(52-9)60-29-24(49)20(45)14(5-37)56-34(29)58-27-19(36-11(3)42)32(54-16(7-39)22(27)47)59-28-23(48)17(8-40)55-33(25(28)50)57-26-18(35-10(2)41)30(51)53-15(6-38)21(26)46/h9,12-34,37-40,43-51H,4-8H2,1-3H3,(H,35,41)(H,36,42)/t9-,12-,13-,14+,15+,16+,17+,18+,19+,20-,21-,22+,23-,24-,25+,26+,27+,28-,29+,30?,31-,32-,33+,34-/m0/s1. The van der Waals surface area contributed by atoms with Gasteiger partial charge in [0.2, 0.25) is 11.8 Å². The summed E-state index contributed by atoms with van der Waals surface area (Å²) in [6, 6.07) is -3.21. The first-order valence-corrected chi connectivity index (χ1v) is 19.3. The number of ether oxygens (including phenoxy) is 9. The Bertz CT molecular complexity index is 1390. The van der Waals surface area contributed by atoms with Crippen molar-refractivity contribution in [3.05, 3.63) is 0 Å². The molecule has 0 aromatic carbocycles. The zero-order valence-corrected chi connectivity index (χ0v) is 32.7. The van der Waals surface area contributed by atoms with E-state index in [1.165, 1.54) is 6.92 Å². The van der Waals surface area contributed by atoms with Gasteiger partial charge < -0.3 is 120 Å². The lowest BCUT2D eigenvalue weighted by atomic mass is 9.94. The Labute approximate surface area is 342 Å². The fraction of sp³-hybridized carbons (Fsp3) is 0.941. The molecule has 5 aliphatic heterocycles. The zero-order valence-electron chi connectivity index (χ0n) is 32.7. The van der Waals surface area contributed by atoms with Gasteiger partial charge in [-0.05, 0) is 6.92 Å². The summed E-state index contributed by atoms with van der Waals surface area (Å²) in [4.78, 5) is 24.6. The van der Waals surface area contributed by atoms with Gasteiger partial charge in [-0.25, -0.2) is 0 Å². The maximum Gasteiger partial charge on any atom is 0.217 e. The van der Waals surface area contributed by atoms with E-state index in [1.807, 2.05) is 0 Å². The van der Waals surface area contributed by atoms with Crippen molar-refractivity contribution < 1.29 is 119 Å². The van der Waals surface area contributed by atoms with Crippen LogP contribution in [0.5, 0.6) is 0 Å². The summed E-state index contributed by atoms with van der Waals surface area (Å²) in [5.41, 5.74) is 0. The van der Waals surface area contributed by atoms with E-state index in [0.717, 1.165) is 13.8 Å². The summed E-state index contributed by atoms with van der Waals surface area (Å²) >= 11 is 0. The molecule has 0 bridgehead atoms. The van der Waals surface area contributed by atoms with Gasteiger partial charge in [-0.3, -0.25) is 9.59 Å². The minimum absolute atomic E-state index is 0.215. The molecule has 5 saturated heterocycles. The smallest absolute Gasteiger partial charge is 0.217 e. The fourth-order valence-electron chi connectivity index (χ4n) is 7.69. The Hall–Kier alpha value is -1.94. The minimum Gasteiger partial charge on any atom is -0.394 e. The number of carbonyl (C=O) groups is 2. The van der Waals surface area contributed by atoms with Crippen LogP contribution in [0.25, 0.3) is 0 Å². The Morgan fingerprint density at radius 3 is 1.48 bits per heavy atom. The highest BCUT2D eigenvalue weighted by Crippen LogP contribution is 2.36. The summed E-state index contributed by atoms with van der Waals surface area (Å²) in [7, 11) is 0. The number of amides is 2. The fourth-order valence-corrected chi connectivity index (χ4v) is 7.69. The molecule has 0 aliphatic carbocycles. The predicted molar refractivity (Wildman–Crippen MR) is 187 cm³/mol. The van der Waals surface area contributed by atoms with Gasteiger partial charge in [0.1, 0.15) is 104 Å². The first-order chi connectivity index (χ1) is 28.3. The lowest BCUT2D eigenvalue weighted by Crippen LogP contribution is -2.70. The van der Waals surface area contributed by atoms with Gasteiger partial charge in [-0.1, -0.05) is 0 Å². The van der Waals surface area contributed by atoms with Crippen molar-refractivity contribution in [2.45, 2.75) is 174 Å². The highest BCUT2D eigenvalue weighted by Gasteiger charge is 2.57. The summed E-state index contributed by atoms with van der Waals surface area (Å²) in [5, 5.41) is 143. The van der Waals surface area contributed by atoms with Gasteiger partial charge in [0.15, 0.2) is 31.5 Å². The highest BCUT2D eigenvalue weighted by atomic mass is 16.8. The van der Waals surface area contributed by atoms with Crippen LogP contribution in [0.15, 0.2) is 0 Å². The summed E-state index contributed by atoms with van der Waals surface area (Å²) in [6.07, 6.45) is -37.7. The van der Waals surface area contributed by atoms with Crippen molar-refractivity contribution in [2.24, 2.45) is 0 Å². The van der Waals surface area contributed by atoms with Crippen LogP contribution in [0.2, 0.25) is 0 Å². The number of hydrogen-bond donors (Lipinski definition) is 15. The lowest BCUT2D eigenvalue weighted by molar-refractivity contribution is -0.385. The molecule has 5 aliphatic rings. The number of nitrogens with one attached hydrogen (secondary N) is 2. The Kier molecular flexibility index (Phi) is 17.3. The van der Waals surface area contributed by atoms with E-state index in [1.54, 1.807) is 0 Å². The number of rotatable bonds is 14. The van der Waals surface area contributed by atoms with Crippen LogP contribution >= 0.6 is 0 Å². The van der Waals surface area contributed by atoms with E-state index in [9.17, 15) is 76.0 Å². The molecule has 1 unspecified atom stereocenters. The summed E-state index contributed by atoms with van der Waals surface area (Å²) in [6.45, 7) is 0.00857. The quantitative estimate of drug-likeness (QED) is 0.0770. The Balaban J connectivity index is 1.44. The van der Waals surface area contributed by atoms with Crippen LogP contribution in [0.1, 0.15) is 27.2 Å². The van der Waals surface area contributed by atoms with Crippen LogP contribution < -0.4 is 10.6 Å². The third kappa shape index (κ3) is 10.7. The molecule has 5 heterocycles. The Morgan fingerprint density at radius 2 is 0.917 bits per heavy atom. The van der Waals surface area contributed by atoms with Crippen LogP contribution in [0.4, 0.5) is 0 Å². The van der Waals surface area contributed by atoms with Gasteiger partial charge in [0.25, 0.3) is 0 Å². The molecular formula is C34H58N2O24. The second-order valence-corrected chi connectivity index (χ2v) is 15.3. The highest BCUT2D eigenvalue weighted by molar-refractivity contribution is 5.73. The van der Waals surface area contributed by atoms with E-state index in [0.29, 0.717) is 0 Å². The van der Waals surface area contributed by atoms with Crippen molar-refractivity contribution in [1.82, 2.24) is 10.6 Å². The van der Waals surface area contributed by atoms with Crippen molar-refractivity contribution >= 4 is 11.8 Å². The zero-order chi connectivity index (χ0) is 44.3. The SMILES string of the molecule is CC(=O)N[C@H]1[C@H](O[C@H]2[C@@H](O)[C@@H](CO)O[C@H](O[C@H]3[C@@H](O)[C@@H](CO)OC(O)[C@@H]3NC(C)=O)[C@@H]2O)O[C@H](CO)[C@@H](O)[C@@H]1O[C@@H]1O[C@H](CO)[C@H](O)[C@H](O)[C@H]1O[C@@H]1O[C@@H](C)[C@@H](O)C[C@@H]1O. The predicted octanol–water partition coefficient (Wildman–Crippen LogP) is -9.58. The van der Waals surface area contributed by atoms with E-state index in [4.69, 9.17) is 42.6 Å². The topological polar surface area (TPSA) is 404 Å². The average molecular weight is 879 g/mol. The second-order valence-electron chi connectivity index (χ2n) is 15.3. The molecule has 24 atom stereocenters. The third-order valence-corrected chi connectivity index (χ3v) is 11.0. The molecule has 0 aromatic heterocycles. The molecule has 26 heteroatoms. The van der Waals surface area contributed by atoms with Gasteiger partial charge in [-0.15, -0.1) is 0 Å². The lowest BCUT2D eigenvalue weighted by Gasteiger charge is -2.50. The largest absolute Gasteiger partial charge is 0.394 e. The molecule has 26 nitrogen and oxygen atoms in total. The molecular weight excluding hydrogens is 820 g/mol. The first kappa shape index (κ1) is 49.1. The molecule has 5 rings (SSSR count). The normalized spacial score (nSPS) is 48.9. The molecule has 5 fully saturated rings. The number of aliphatic hydroxyl groups excluding tert-OH is 13.